The van der Waals surface area contributed by atoms with E-state index < -0.39 is 0 Å². The van der Waals surface area contributed by atoms with Crippen molar-refractivity contribution in [1.29, 1.82) is 0 Å². The van der Waals surface area contributed by atoms with Crippen molar-refractivity contribution in [3.8, 4) is 0 Å². The first-order valence-corrected chi connectivity index (χ1v) is 5.93. The molecule has 6 heteroatoms. The summed E-state index contributed by atoms with van der Waals surface area (Å²) in [5.74, 6) is 0.739. The molecule has 1 N–H and O–H groups in total. The highest BCUT2D eigenvalue weighted by Gasteiger charge is 2.05. The van der Waals surface area contributed by atoms with E-state index in [4.69, 9.17) is 11.6 Å². The van der Waals surface area contributed by atoms with Crippen LogP contribution in [0.3, 0.4) is 0 Å². The molecule has 0 atom stereocenters. The van der Waals surface area contributed by atoms with E-state index in [9.17, 15) is 4.79 Å². The highest BCUT2D eigenvalue weighted by molar-refractivity contribution is 7.07. The van der Waals surface area contributed by atoms with Crippen molar-refractivity contribution in [2.75, 3.05) is 12.4 Å². The first kappa shape index (κ1) is 11.2. The summed E-state index contributed by atoms with van der Waals surface area (Å²) >= 11 is 7.18. The molecule has 16 heavy (non-hydrogen) atoms. The van der Waals surface area contributed by atoms with Crippen LogP contribution in [0.25, 0.3) is 0 Å². The van der Waals surface area contributed by atoms with E-state index in [2.05, 4.69) is 10.3 Å². The highest BCUT2D eigenvalue weighted by atomic mass is 35.5. The minimum absolute atomic E-state index is 0.00673. The third-order valence-corrected chi connectivity index (χ3v) is 3.18. The number of anilines is 1. The number of rotatable bonds is 3. The van der Waals surface area contributed by atoms with Gasteiger partial charge in [0.2, 0.25) is 0 Å². The van der Waals surface area contributed by atoms with E-state index in [1.165, 1.54) is 0 Å². The van der Waals surface area contributed by atoms with Crippen molar-refractivity contribution in [3.05, 3.63) is 44.1 Å². The van der Waals surface area contributed by atoms with Gasteiger partial charge in [-0.1, -0.05) is 22.9 Å². The molecule has 2 aromatic rings. The molecule has 0 unspecified atom stereocenters. The van der Waals surface area contributed by atoms with Gasteiger partial charge in [-0.15, -0.1) is 0 Å². The number of nitrogens with one attached hydrogen (secondary N) is 1. The second-order valence-electron chi connectivity index (χ2n) is 3.17. The second kappa shape index (κ2) is 4.67. The summed E-state index contributed by atoms with van der Waals surface area (Å²) in [5, 5.41) is 5.25. The smallest absolute Gasteiger partial charge is 0.307 e. The topological polar surface area (TPSA) is 46.9 Å². The maximum Gasteiger partial charge on any atom is 0.307 e. The van der Waals surface area contributed by atoms with Gasteiger partial charge in [0.25, 0.3) is 0 Å². The van der Waals surface area contributed by atoms with Gasteiger partial charge in [0.1, 0.15) is 5.82 Å². The maximum atomic E-state index is 11.4. The van der Waals surface area contributed by atoms with Crippen molar-refractivity contribution in [2.24, 2.45) is 0 Å². The lowest BCUT2D eigenvalue weighted by Crippen LogP contribution is -2.14. The summed E-state index contributed by atoms with van der Waals surface area (Å²) < 4.78 is 1.58. The normalized spacial score (nSPS) is 10.4. The molecule has 2 rings (SSSR count). The summed E-state index contributed by atoms with van der Waals surface area (Å²) in [6.45, 7) is 0.399. The number of nitrogens with zero attached hydrogens (tertiary/aromatic N) is 2. The molecule has 84 valence electrons. The summed E-state index contributed by atoms with van der Waals surface area (Å²) in [6.07, 6.45) is 1.73. The van der Waals surface area contributed by atoms with Gasteiger partial charge < -0.3 is 5.32 Å². The minimum Gasteiger partial charge on any atom is -0.373 e. The van der Waals surface area contributed by atoms with Gasteiger partial charge in [-0.25, -0.2) is 4.98 Å². The summed E-state index contributed by atoms with van der Waals surface area (Å²) in [7, 11) is 1.79. The summed E-state index contributed by atoms with van der Waals surface area (Å²) in [4.78, 5) is 15.7. The van der Waals surface area contributed by atoms with Crippen LogP contribution in [0.15, 0.2) is 28.5 Å². The molecule has 0 radical (unpaired) electrons. The average molecular weight is 256 g/mol. The molecule has 0 aliphatic rings. The van der Waals surface area contributed by atoms with Crippen molar-refractivity contribution in [2.45, 2.75) is 6.54 Å². The van der Waals surface area contributed by atoms with E-state index in [-0.39, 0.29) is 4.87 Å². The number of halogens is 1. The zero-order valence-electron chi connectivity index (χ0n) is 8.61. The van der Waals surface area contributed by atoms with Gasteiger partial charge in [-0.05, 0) is 12.1 Å². The van der Waals surface area contributed by atoms with Crippen LogP contribution in [0.2, 0.25) is 5.02 Å². The molecule has 0 aliphatic heterocycles. The SMILES string of the molecule is CNc1ccc(Cl)c(Cn2ccsc2=O)n1. The molecular weight excluding hydrogens is 246 g/mol. The Balaban J connectivity index is 2.34. The maximum absolute atomic E-state index is 11.4. The van der Waals surface area contributed by atoms with Crippen LogP contribution in [-0.4, -0.2) is 16.6 Å². The Bertz CT molecular complexity index is 549. The zero-order valence-corrected chi connectivity index (χ0v) is 10.2. The molecule has 0 bridgehead atoms. The van der Waals surface area contributed by atoms with E-state index in [1.807, 2.05) is 0 Å². The Morgan fingerprint density at radius 2 is 2.38 bits per heavy atom. The number of hydrogen-bond acceptors (Lipinski definition) is 4. The monoisotopic (exact) mass is 255 g/mol. The Hall–Kier alpha value is -1.33. The van der Waals surface area contributed by atoms with Crippen LogP contribution >= 0.6 is 22.9 Å². The molecular formula is C10H10ClN3OS. The third kappa shape index (κ3) is 2.25. The van der Waals surface area contributed by atoms with Crippen molar-refractivity contribution >= 4 is 28.8 Å². The Kier molecular flexibility index (Phi) is 3.26. The van der Waals surface area contributed by atoms with Crippen LogP contribution in [0.4, 0.5) is 5.82 Å². The van der Waals surface area contributed by atoms with Crippen LogP contribution in [0.1, 0.15) is 5.69 Å². The van der Waals surface area contributed by atoms with E-state index in [0.717, 1.165) is 17.2 Å². The number of thiazole rings is 1. The summed E-state index contributed by atoms with van der Waals surface area (Å²) in [5.41, 5.74) is 0.689. The lowest BCUT2D eigenvalue weighted by Gasteiger charge is -2.06. The predicted molar refractivity (Wildman–Crippen MR) is 66.5 cm³/mol. The molecule has 0 spiro atoms. The highest BCUT2D eigenvalue weighted by Crippen LogP contribution is 2.17. The summed E-state index contributed by atoms with van der Waals surface area (Å²) in [6, 6.07) is 3.56. The van der Waals surface area contributed by atoms with Gasteiger partial charge in [0.05, 0.1) is 17.3 Å². The van der Waals surface area contributed by atoms with E-state index in [0.29, 0.717) is 17.3 Å². The fourth-order valence-electron chi connectivity index (χ4n) is 1.30. The Morgan fingerprint density at radius 1 is 1.56 bits per heavy atom. The van der Waals surface area contributed by atoms with Gasteiger partial charge in [0.15, 0.2) is 0 Å². The first-order valence-electron chi connectivity index (χ1n) is 4.68. The molecule has 0 aliphatic carbocycles. The Labute approximate surface area is 102 Å². The lowest BCUT2D eigenvalue weighted by atomic mass is 10.3. The van der Waals surface area contributed by atoms with E-state index in [1.54, 1.807) is 35.3 Å². The first-order chi connectivity index (χ1) is 7.70. The molecule has 0 saturated carbocycles. The third-order valence-electron chi connectivity index (χ3n) is 2.14. The van der Waals surface area contributed by atoms with Gasteiger partial charge in [-0.2, -0.15) is 0 Å². The molecule has 2 heterocycles. The number of pyridine rings is 1. The van der Waals surface area contributed by atoms with Crippen LogP contribution in [0.5, 0.6) is 0 Å². The van der Waals surface area contributed by atoms with Gasteiger partial charge in [0, 0.05) is 18.6 Å². The molecule has 0 saturated heterocycles. The molecule has 0 amide bonds. The fraction of sp³-hybridized carbons (Fsp3) is 0.200. The lowest BCUT2D eigenvalue weighted by molar-refractivity contribution is 0.762. The fourth-order valence-corrected chi connectivity index (χ4v) is 2.05. The van der Waals surface area contributed by atoms with Gasteiger partial charge in [-0.3, -0.25) is 9.36 Å². The minimum atomic E-state index is -0.00673. The quantitative estimate of drug-likeness (QED) is 0.913. The molecule has 4 nitrogen and oxygen atoms in total. The zero-order chi connectivity index (χ0) is 11.5. The van der Waals surface area contributed by atoms with Crippen LogP contribution in [0, 0.1) is 0 Å². The van der Waals surface area contributed by atoms with Crippen molar-refractivity contribution < 1.29 is 0 Å². The van der Waals surface area contributed by atoms with Gasteiger partial charge >= 0.3 is 4.87 Å². The molecule has 2 aromatic heterocycles. The standard InChI is InChI=1S/C10H10ClN3OS/c1-12-9-3-2-7(11)8(13-9)6-14-4-5-16-10(14)15/h2-5H,6H2,1H3,(H,12,13). The largest absolute Gasteiger partial charge is 0.373 e. The van der Waals surface area contributed by atoms with Crippen LogP contribution in [-0.2, 0) is 6.54 Å². The molecule has 0 aromatic carbocycles. The predicted octanol–water partition coefficient (Wildman–Crippen LogP) is 2.05. The van der Waals surface area contributed by atoms with E-state index >= 15 is 0 Å². The second-order valence-corrected chi connectivity index (χ2v) is 4.44. The van der Waals surface area contributed by atoms with Crippen molar-refractivity contribution in [1.82, 2.24) is 9.55 Å². The number of aromatic nitrogens is 2. The average Bonchev–Trinajstić information content (AvgIpc) is 2.68. The van der Waals surface area contributed by atoms with Crippen molar-refractivity contribution in [3.63, 3.8) is 0 Å². The molecule has 0 fully saturated rings. The van der Waals surface area contributed by atoms with Crippen LogP contribution < -0.4 is 10.2 Å². The number of hydrogen-bond donors (Lipinski definition) is 1. The Morgan fingerprint density at radius 3 is 3.00 bits per heavy atom.